The summed E-state index contributed by atoms with van der Waals surface area (Å²) >= 11 is 12.4. The van der Waals surface area contributed by atoms with Crippen molar-refractivity contribution in [2.24, 2.45) is 0 Å². The number of aryl methyl sites for hydroxylation is 1. The van der Waals surface area contributed by atoms with E-state index in [0.29, 0.717) is 35.1 Å². The number of nitrogens with one attached hydrogen (secondary N) is 1. The van der Waals surface area contributed by atoms with Crippen LogP contribution >= 0.6 is 23.2 Å². The Kier molecular flexibility index (Phi) is 9.55. The Bertz CT molecular complexity index is 1100. The van der Waals surface area contributed by atoms with Gasteiger partial charge in [-0.2, -0.15) is 0 Å². The van der Waals surface area contributed by atoms with Crippen molar-refractivity contribution in [2.45, 2.75) is 45.7 Å². The van der Waals surface area contributed by atoms with Crippen molar-refractivity contribution in [1.82, 2.24) is 10.2 Å². The quantitative estimate of drug-likeness (QED) is 0.373. The molecule has 1 N–H and O–H groups in total. The zero-order chi connectivity index (χ0) is 24.5. The molecule has 0 aliphatic heterocycles. The van der Waals surface area contributed by atoms with Crippen molar-refractivity contribution < 1.29 is 9.59 Å². The molecule has 1 atom stereocenters. The first-order valence-electron chi connectivity index (χ1n) is 11.5. The third-order valence-corrected chi connectivity index (χ3v) is 6.24. The molecule has 4 nitrogen and oxygen atoms in total. The largest absolute Gasteiger partial charge is 0.354 e. The molecule has 178 valence electrons. The highest BCUT2D eigenvalue weighted by molar-refractivity contribution is 6.35. The van der Waals surface area contributed by atoms with Gasteiger partial charge in [-0.25, -0.2) is 0 Å². The highest BCUT2D eigenvalue weighted by atomic mass is 35.5. The molecule has 0 aliphatic carbocycles. The smallest absolute Gasteiger partial charge is 0.243 e. The summed E-state index contributed by atoms with van der Waals surface area (Å²) < 4.78 is 0. The Balaban J connectivity index is 1.96. The highest BCUT2D eigenvalue weighted by Gasteiger charge is 2.30. The van der Waals surface area contributed by atoms with Gasteiger partial charge in [0.2, 0.25) is 11.8 Å². The number of nitrogens with zero attached hydrogens (tertiary/aromatic N) is 1. The molecule has 34 heavy (non-hydrogen) atoms. The molecule has 0 radical (unpaired) electrons. The maximum atomic E-state index is 13.7. The molecule has 6 heteroatoms. The van der Waals surface area contributed by atoms with E-state index in [0.717, 1.165) is 23.1 Å². The fourth-order valence-corrected chi connectivity index (χ4v) is 4.21. The van der Waals surface area contributed by atoms with E-state index in [-0.39, 0.29) is 18.2 Å². The van der Waals surface area contributed by atoms with E-state index in [9.17, 15) is 9.59 Å². The second kappa shape index (κ2) is 12.6. The lowest BCUT2D eigenvalue weighted by atomic mass is 10.0. The predicted octanol–water partition coefficient (Wildman–Crippen LogP) is 6.01. The summed E-state index contributed by atoms with van der Waals surface area (Å²) in [7, 11) is 0. The Hall–Kier alpha value is -2.82. The minimum absolute atomic E-state index is 0.0776. The first-order valence-corrected chi connectivity index (χ1v) is 12.2. The first kappa shape index (κ1) is 25.8. The Labute approximate surface area is 211 Å². The van der Waals surface area contributed by atoms with Crippen LogP contribution in [-0.2, 0) is 29.0 Å². The second-order valence-corrected chi connectivity index (χ2v) is 9.26. The van der Waals surface area contributed by atoms with Gasteiger partial charge in [0.05, 0.1) is 6.42 Å². The maximum Gasteiger partial charge on any atom is 0.243 e. The SMILES string of the molecule is CCCNC(=O)[C@@H](Cc1ccccc1)N(Cc1ccc(C)cc1)C(=O)Cc1ccc(Cl)cc1Cl. The molecule has 0 fully saturated rings. The zero-order valence-electron chi connectivity index (χ0n) is 19.6. The van der Waals surface area contributed by atoms with Crippen LogP contribution in [0.2, 0.25) is 10.0 Å². The van der Waals surface area contributed by atoms with Crippen molar-refractivity contribution >= 4 is 35.0 Å². The molecule has 0 heterocycles. The van der Waals surface area contributed by atoms with E-state index in [4.69, 9.17) is 23.2 Å². The van der Waals surface area contributed by atoms with E-state index in [1.807, 2.05) is 68.4 Å². The van der Waals surface area contributed by atoms with Gasteiger partial charge in [-0.15, -0.1) is 0 Å². The van der Waals surface area contributed by atoms with Crippen molar-refractivity contribution in [3.05, 3.63) is 105 Å². The summed E-state index contributed by atoms with van der Waals surface area (Å²) in [4.78, 5) is 28.7. The molecule has 0 aromatic heterocycles. The summed E-state index contributed by atoms with van der Waals surface area (Å²) in [5, 5.41) is 3.94. The van der Waals surface area contributed by atoms with Gasteiger partial charge >= 0.3 is 0 Å². The van der Waals surface area contributed by atoms with Crippen molar-refractivity contribution in [1.29, 1.82) is 0 Å². The summed E-state index contributed by atoms with van der Waals surface area (Å²) in [6.45, 7) is 4.90. The zero-order valence-corrected chi connectivity index (χ0v) is 21.1. The number of benzene rings is 3. The van der Waals surface area contributed by atoms with Gasteiger partial charge < -0.3 is 10.2 Å². The Morgan fingerprint density at radius 2 is 1.65 bits per heavy atom. The molecule has 0 unspecified atom stereocenters. The van der Waals surface area contributed by atoms with Crippen molar-refractivity contribution in [2.75, 3.05) is 6.54 Å². The van der Waals surface area contributed by atoms with Gasteiger partial charge in [0.15, 0.2) is 0 Å². The number of carbonyl (C=O) groups excluding carboxylic acids is 2. The van der Waals surface area contributed by atoms with Gasteiger partial charge in [0, 0.05) is 29.6 Å². The van der Waals surface area contributed by atoms with Gasteiger partial charge in [-0.3, -0.25) is 9.59 Å². The molecule has 0 saturated heterocycles. The molecule has 0 saturated carbocycles. The van der Waals surface area contributed by atoms with Crippen LogP contribution in [0.25, 0.3) is 0 Å². The summed E-state index contributed by atoms with van der Waals surface area (Å²) in [5.41, 5.74) is 3.77. The monoisotopic (exact) mass is 496 g/mol. The molecule has 3 aromatic carbocycles. The van der Waals surface area contributed by atoms with Gasteiger partial charge in [0.25, 0.3) is 0 Å². The van der Waals surface area contributed by atoms with E-state index in [1.54, 1.807) is 23.1 Å². The number of carbonyl (C=O) groups is 2. The van der Waals surface area contributed by atoms with Crippen molar-refractivity contribution in [3.63, 3.8) is 0 Å². The number of amides is 2. The average Bonchev–Trinajstić information content (AvgIpc) is 2.83. The summed E-state index contributed by atoms with van der Waals surface area (Å²) in [5.74, 6) is -0.328. The summed E-state index contributed by atoms with van der Waals surface area (Å²) in [6, 6.07) is 22.2. The third-order valence-electron chi connectivity index (χ3n) is 5.65. The third kappa shape index (κ3) is 7.34. The van der Waals surface area contributed by atoms with Crippen LogP contribution in [0, 0.1) is 6.92 Å². The summed E-state index contributed by atoms with van der Waals surface area (Å²) in [6.07, 6.45) is 1.31. The highest BCUT2D eigenvalue weighted by Crippen LogP contribution is 2.23. The first-order chi connectivity index (χ1) is 16.4. The lowest BCUT2D eigenvalue weighted by Gasteiger charge is -2.32. The molecule has 2 amide bonds. The minimum atomic E-state index is -0.658. The molecule has 0 bridgehead atoms. The predicted molar refractivity (Wildman–Crippen MR) is 139 cm³/mol. The van der Waals surface area contributed by atoms with E-state index in [1.165, 1.54) is 0 Å². The fraction of sp³-hybridized carbons (Fsp3) is 0.286. The van der Waals surface area contributed by atoms with Crippen molar-refractivity contribution in [3.8, 4) is 0 Å². The maximum absolute atomic E-state index is 13.7. The van der Waals surface area contributed by atoms with Crippen LogP contribution in [0.15, 0.2) is 72.8 Å². The van der Waals surface area contributed by atoms with Gasteiger partial charge in [-0.1, -0.05) is 96.4 Å². The standard InChI is InChI=1S/C28H30Cl2N2O2/c1-3-15-31-28(34)26(16-21-7-5-4-6-8-21)32(19-22-11-9-20(2)10-12-22)27(33)17-23-13-14-24(29)18-25(23)30/h4-14,18,26H,3,15-17,19H2,1-2H3,(H,31,34)/t26-/m1/s1. The van der Waals surface area contributed by atoms with Crippen LogP contribution in [-0.4, -0.2) is 29.3 Å². The van der Waals surface area contributed by atoms with Gasteiger partial charge in [-0.05, 0) is 42.2 Å². The topological polar surface area (TPSA) is 49.4 Å². The molecule has 3 aromatic rings. The number of hydrogen-bond donors (Lipinski definition) is 1. The van der Waals surface area contributed by atoms with Crippen LogP contribution in [0.3, 0.4) is 0 Å². The molecule has 0 aliphatic rings. The second-order valence-electron chi connectivity index (χ2n) is 8.42. The number of halogens is 2. The Morgan fingerprint density at radius 1 is 0.941 bits per heavy atom. The lowest BCUT2D eigenvalue weighted by molar-refractivity contribution is -0.140. The number of hydrogen-bond acceptors (Lipinski definition) is 2. The Morgan fingerprint density at radius 3 is 2.29 bits per heavy atom. The number of rotatable bonds is 10. The van der Waals surface area contributed by atoms with Crippen LogP contribution in [0.5, 0.6) is 0 Å². The normalized spacial score (nSPS) is 11.6. The average molecular weight is 497 g/mol. The lowest BCUT2D eigenvalue weighted by Crippen LogP contribution is -2.51. The van der Waals surface area contributed by atoms with E-state index < -0.39 is 6.04 Å². The van der Waals surface area contributed by atoms with Crippen LogP contribution in [0.1, 0.15) is 35.6 Å². The molecular formula is C28H30Cl2N2O2. The fourth-order valence-electron chi connectivity index (χ4n) is 3.74. The minimum Gasteiger partial charge on any atom is -0.354 e. The van der Waals surface area contributed by atoms with Gasteiger partial charge in [0.1, 0.15) is 6.04 Å². The molecule has 0 spiro atoms. The molecule has 3 rings (SSSR count). The van der Waals surface area contributed by atoms with E-state index in [2.05, 4.69) is 5.32 Å². The molecular weight excluding hydrogens is 467 g/mol. The van der Waals surface area contributed by atoms with Crippen LogP contribution < -0.4 is 5.32 Å². The van der Waals surface area contributed by atoms with Crippen LogP contribution in [0.4, 0.5) is 0 Å². The van der Waals surface area contributed by atoms with E-state index >= 15 is 0 Å².